The number of halogens is 1. The van der Waals surface area contributed by atoms with Crippen LogP contribution < -0.4 is 10.4 Å². The summed E-state index contributed by atoms with van der Waals surface area (Å²) in [6.07, 6.45) is 10.7. The molecule has 1 aromatic carbocycles. The summed E-state index contributed by atoms with van der Waals surface area (Å²) in [5.41, 5.74) is -0.0657. The van der Waals surface area contributed by atoms with Gasteiger partial charge in [0.2, 0.25) is 5.71 Å². The summed E-state index contributed by atoms with van der Waals surface area (Å²) in [6, 6.07) is 9.26. The lowest BCUT2D eigenvalue weighted by Gasteiger charge is -2.23. The van der Waals surface area contributed by atoms with Gasteiger partial charge in [-0.05, 0) is 75.3 Å². The van der Waals surface area contributed by atoms with Crippen LogP contribution in [0.15, 0.2) is 51.8 Å². The summed E-state index contributed by atoms with van der Waals surface area (Å²) >= 11 is 0. The number of carbonyl (C=O) groups is 1. The Morgan fingerprint density at radius 2 is 1.69 bits per heavy atom. The van der Waals surface area contributed by atoms with Gasteiger partial charge in [0.05, 0.1) is 29.6 Å². The van der Waals surface area contributed by atoms with E-state index < -0.39 is 16.9 Å². The Balaban J connectivity index is 1.34. The van der Waals surface area contributed by atoms with Gasteiger partial charge in [0.15, 0.2) is 0 Å². The zero-order valence-corrected chi connectivity index (χ0v) is 23.8. The smallest absolute Gasteiger partial charge is 0.345 e. The lowest BCUT2D eigenvalue weighted by atomic mass is 9.85. The first kappa shape index (κ1) is 30.3. The monoisotopic (exact) mass is 539 g/mol. The Morgan fingerprint density at radius 1 is 1.00 bits per heavy atom. The van der Waals surface area contributed by atoms with Crippen LogP contribution in [0.2, 0.25) is 0 Å². The van der Waals surface area contributed by atoms with Crippen LogP contribution in [0.1, 0.15) is 85.5 Å². The molecule has 6 nitrogen and oxygen atoms in total. The summed E-state index contributed by atoms with van der Waals surface area (Å²) < 4.78 is 30.6. The quantitative estimate of drug-likeness (QED) is 0.135. The number of carbonyl (C=O) groups excluding carboxylic acids is 1. The lowest BCUT2D eigenvalue weighted by Crippen LogP contribution is -2.27. The fraction of sp³-hybridized carbons (Fsp3) is 0.531. The summed E-state index contributed by atoms with van der Waals surface area (Å²) in [5, 5.41) is 0.584. The highest BCUT2D eigenvalue weighted by molar-refractivity contribution is 5.84. The van der Waals surface area contributed by atoms with Crippen LogP contribution in [-0.4, -0.2) is 24.2 Å². The fourth-order valence-electron chi connectivity index (χ4n) is 4.36. The topological polar surface area (TPSA) is 78.6 Å². The minimum Gasteiger partial charge on any atom is -0.493 e. The van der Waals surface area contributed by atoms with Crippen molar-refractivity contribution in [3.63, 3.8) is 0 Å². The van der Waals surface area contributed by atoms with Crippen LogP contribution >= 0.6 is 0 Å². The van der Waals surface area contributed by atoms with Crippen molar-refractivity contribution in [2.24, 2.45) is 11.3 Å². The molecule has 0 saturated carbocycles. The maximum atomic E-state index is 13.7. The molecule has 0 saturated heterocycles. The number of rotatable bonds is 16. The molecule has 0 aliphatic heterocycles. The van der Waals surface area contributed by atoms with Crippen molar-refractivity contribution in [2.45, 2.75) is 85.5 Å². The first-order valence-electron chi connectivity index (χ1n) is 14.2. The van der Waals surface area contributed by atoms with Crippen molar-refractivity contribution in [2.75, 3.05) is 13.2 Å². The molecule has 0 radical (unpaired) electrons. The van der Waals surface area contributed by atoms with Gasteiger partial charge in [-0.3, -0.25) is 4.79 Å². The van der Waals surface area contributed by atoms with Gasteiger partial charge in [0, 0.05) is 6.20 Å². The van der Waals surface area contributed by atoms with E-state index in [0.29, 0.717) is 35.8 Å². The number of hydrogen-bond acceptors (Lipinski definition) is 6. The molecule has 2 aromatic heterocycles. The van der Waals surface area contributed by atoms with Crippen molar-refractivity contribution in [3.05, 3.63) is 58.8 Å². The molecule has 0 fully saturated rings. The Kier molecular flexibility index (Phi) is 11.5. The Bertz CT molecular complexity index is 1270. The van der Waals surface area contributed by atoms with E-state index in [4.69, 9.17) is 13.9 Å². The van der Waals surface area contributed by atoms with Crippen LogP contribution in [-0.2, 0) is 9.53 Å². The summed E-state index contributed by atoms with van der Waals surface area (Å²) in [6.45, 7) is 9.33. The number of fused-ring (bicyclic) bond motifs is 1. The average molecular weight is 540 g/mol. The lowest BCUT2D eigenvalue weighted by molar-refractivity contribution is -0.154. The zero-order valence-electron chi connectivity index (χ0n) is 23.8. The largest absolute Gasteiger partial charge is 0.493 e. The molecule has 0 aliphatic carbocycles. The predicted octanol–water partition coefficient (Wildman–Crippen LogP) is 8.11. The van der Waals surface area contributed by atoms with E-state index in [1.54, 1.807) is 30.5 Å². The maximum Gasteiger partial charge on any atom is 0.345 e. The van der Waals surface area contributed by atoms with Gasteiger partial charge in [-0.1, -0.05) is 58.1 Å². The number of esters is 1. The van der Waals surface area contributed by atoms with Crippen LogP contribution in [0, 0.1) is 17.2 Å². The molecule has 39 heavy (non-hydrogen) atoms. The summed E-state index contributed by atoms with van der Waals surface area (Å²) in [7, 11) is 0. The van der Waals surface area contributed by atoms with Crippen molar-refractivity contribution >= 4 is 17.1 Å². The van der Waals surface area contributed by atoms with Gasteiger partial charge in [-0.25, -0.2) is 14.2 Å². The second kappa shape index (κ2) is 14.8. The van der Waals surface area contributed by atoms with Gasteiger partial charge >= 0.3 is 11.6 Å². The van der Waals surface area contributed by atoms with Crippen molar-refractivity contribution in [3.8, 4) is 16.9 Å². The van der Waals surface area contributed by atoms with Gasteiger partial charge in [-0.2, -0.15) is 0 Å². The van der Waals surface area contributed by atoms with E-state index in [-0.39, 0.29) is 17.2 Å². The highest BCUT2D eigenvalue weighted by atomic mass is 19.1. The summed E-state index contributed by atoms with van der Waals surface area (Å²) in [4.78, 5) is 28.9. The number of benzene rings is 1. The van der Waals surface area contributed by atoms with E-state index in [1.165, 1.54) is 12.1 Å². The molecule has 0 unspecified atom stereocenters. The summed E-state index contributed by atoms with van der Waals surface area (Å²) in [5.74, 6) is 0.667. The third-order valence-corrected chi connectivity index (χ3v) is 6.93. The molecular weight excluding hydrogens is 497 g/mol. The maximum absolute atomic E-state index is 13.7. The molecule has 0 spiro atoms. The van der Waals surface area contributed by atoms with Gasteiger partial charge in [0.25, 0.3) is 0 Å². The first-order valence-corrected chi connectivity index (χ1v) is 14.2. The molecule has 0 aliphatic rings. The van der Waals surface area contributed by atoms with Gasteiger partial charge in [0.1, 0.15) is 11.6 Å². The van der Waals surface area contributed by atoms with E-state index >= 15 is 0 Å². The average Bonchev–Trinajstić information content (AvgIpc) is 2.90. The van der Waals surface area contributed by atoms with E-state index in [9.17, 15) is 14.0 Å². The third-order valence-electron chi connectivity index (χ3n) is 6.93. The minimum absolute atomic E-state index is 0.0857. The Labute approximate surface area is 230 Å². The molecule has 0 bridgehead atoms. The zero-order chi connectivity index (χ0) is 28.3. The molecule has 3 aromatic rings. The van der Waals surface area contributed by atoms with E-state index in [0.717, 1.165) is 57.8 Å². The number of aromatic nitrogens is 1. The van der Waals surface area contributed by atoms with Crippen LogP contribution in [0.4, 0.5) is 4.39 Å². The van der Waals surface area contributed by atoms with Crippen LogP contribution in [0.3, 0.4) is 0 Å². The number of unbranched alkanes of at least 4 members (excludes halogenated alkanes) is 6. The minimum atomic E-state index is -0.568. The molecule has 0 N–H and O–H groups in total. The van der Waals surface area contributed by atoms with Crippen molar-refractivity contribution in [1.82, 2.24) is 4.98 Å². The highest BCUT2D eigenvalue weighted by Crippen LogP contribution is 2.28. The first-order chi connectivity index (χ1) is 18.7. The SMILES string of the molecule is CC(C)CCC(C)(C)C(=O)OCCCCCCCCCOc1ccnc2oc(=O)c(-c3cccc(F)c3)cc12. The molecule has 212 valence electrons. The third kappa shape index (κ3) is 9.48. The van der Waals surface area contributed by atoms with Gasteiger partial charge in [-0.15, -0.1) is 0 Å². The molecule has 3 rings (SSSR count). The number of nitrogens with zero attached hydrogens (tertiary/aromatic N) is 1. The van der Waals surface area contributed by atoms with E-state index in [1.807, 2.05) is 13.8 Å². The van der Waals surface area contributed by atoms with Crippen molar-refractivity contribution < 1.29 is 23.1 Å². The predicted molar refractivity (Wildman–Crippen MR) is 152 cm³/mol. The normalized spacial score (nSPS) is 11.7. The molecule has 7 heteroatoms. The molecule has 0 atom stereocenters. The fourth-order valence-corrected chi connectivity index (χ4v) is 4.36. The second-order valence-corrected chi connectivity index (χ2v) is 11.3. The Hall–Kier alpha value is -3.22. The highest BCUT2D eigenvalue weighted by Gasteiger charge is 2.29. The van der Waals surface area contributed by atoms with Crippen molar-refractivity contribution in [1.29, 1.82) is 0 Å². The van der Waals surface area contributed by atoms with Crippen LogP contribution in [0.25, 0.3) is 22.2 Å². The molecule has 0 amide bonds. The standard InChI is InChI=1S/C32H42FNO5/c1-23(2)15-17-32(3,4)31(36)38-20-11-9-7-5-6-8-10-19-37-28-16-18-34-29-27(28)22-26(30(35)39-29)24-13-12-14-25(33)21-24/h12-14,16,18,21-23H,5-11,15,17,19-20H2,1-4H3. The second-order valence-electron chi connectivity index (χ2n) is 11.3. The molecular formula is C32H42FNO5. The number of ether oxygens (including phenoxy) is 2. The van der Waals surface area contributed by atoms with E-state index in [2.05, 4.69) is 18.8 Å². The number of hydrogen-bond donors (Lipinski definition) is 0. The Morgan fingerprint density at radius 3 is 2.38 bits per heavy atom. The van der Waals surface area contributed by atoms with Gasteiger partial charge < -0.3 is 13.9 Å². The van der Waals surface area contributed by atoms with Crippen LogP contribution in [0.5, 0.6) is 5.75 Å². The molecule has 2 heterocycles. The number of pyridine rings is 1.